The van der Waals surface area contributed by atoms with E-state index in [-0.39, 0.29) is 0 Å². The number of imidazole rings is 1. The van der Waals surface area contributed by atoms with Crippen molar-refractivity contribution >= 4 is 17.4 Å². The highest BCUT2D eigenvalue weighted by molar-refractivity contribution is 7.98. The van der Waals surface area contributed by atoms with E-state index in [1.165, 1.54) is 0 Å². The van der Waals surface area contributed by atoms with Crippen molar-refractivity contribution < 1.29 is 0 Å². The lowest BCUT2D eigenvalue weighted by molar-refractivity contribution is 0.879. The molecule has 0 amide bonds. The summed E-state index contributed by atoms with van der Waals surface area (Å²) in [4.78, 5) is 8.93. The molecule has 4 aromatic heterocycles. The van der Waals surface area contributed by atoms with Gasteiger partial charge in [-0.05, 0) is 42.8 Å². The summed E-state index contributed by atoms with van der Waals surface area (Å²) >= 11 is 1.63. The summed E-state index contributed by atoms with van der Waals surface area (Å²) in [6.07, 6.45) is 7.64. The Morgan fingerprint density at radius 2 is 1.86 bits per heavy atom. The molecule has 5 rings (SSSR count). The summed E-state index contributed by atoms with van der Waals surface area (Å²) in [6.45, 7) is 2.10. The van der Waals surface area contributed by atoms with E-state index in [0.29, 0.717) is 5.75 Å². The van der Waals surface area contributed by atoms with Gasteiger partial charge in [-0.1, -0.05) is 36.0 Å². The van der Waals surface area contributed by atoms with E-state index < -0.39 is 0 Å². The minimum absolute atomic E-state index is 0.707. The van der Waals surface area contributed by atoms with Crippen molar-refractivity contribution in [3.63, 3.8) is 0 Å². The van der Waals surface area contributed by atoms with Crippen LogP contribution in [-0.4, -0.2) is 29.1 Å². The second-order valence-corrected chi connectivity index (χ2v) is 7.60. The van der Waals surface area contributed by atoms with E-state index >= 15 is 0 Å². The lowest BCUT2D eigenvalue weighted by atomic mass is 10.2. The molecule has 0 aliphatic rings. The van der Waals surface area contributed by atoms with Crippen LogP contribution in [-0.2, 0) is 5.75 Å². The molecule has 0 aliphatic heterocycles. The van der Waals surface area contributed by atoms with Gasteiger partial charge in [0.1, 0.15) is 5.65 Å². The van der Waals surface area contributed by atoms with Gasteiger partial charge in [-0.2, -0.15) is 0 Å². The molecule has 6 nitrogen and oxygen atoms in total. The summed E-state index contributed by atoms with van der Waals surface area (Å²) in [5, 5.41) is 9.81. The van der Waals surface area contributed by atoms with Gasteiger partial charge in [0.15, 0.2) is 11.0 Å². The summed E-state index contributed by atoms with van der Waals surface area (Å²) in [6, 6.07) is 18.2. The van der Waals surface area contributed by atoms with Crippen LogP contribution in [0.15, 0.2) is 84.5 Å². The molecule has 5 aromatic rings. The summed E-state index contributed by atoms with van der Waals surface area (Å²) in [5.41, 5.74) is 5.10. The van der Waals surface area contributed by atoms with Gasteiger partial charge in [0, 0.05) is 36.1 Å². The van der Waals surface area contributed by atoms with Crippen LogP contribution >= 0.6 is 11.8 Å². The number of para-hydroxylation sites is 1. The first kappa shape index (κ1) is 17.6. The Morgan fingerprint density at radius 3 is 2.69 bits per heavy atom. The van der Waals surface area contributed by atoms with Crippen LogP contribution in [0.5, 0.6) is 0 Å². The fraction of sp³-hybridized carbons (Fsp3) is 0.0909. The average molecular weight is 398 g/mol. The minimum Gasteiger partial charge on any atom is -0.307 e. The van der Waals surface area contributed by atoms with Crippen LogP contribution in [0.25, 0.3) is 22.7 Å². The third-order valence-corrected chi connectivity index (χ3v) is 5.64. The first-order valence-corrected chi connectivity index (χ1v) is 10.3. The topological polar surface area (TPSA) is 60.9 Å². The molecule has 0 N–H and O–H groups in total. The first-order valence-electron chi connectivity index (χ1n) is 9.27. The van der Waals surface area contributed by atoms with Gasteiger partial charge in [0.25, 0.3) is 0 Å². The molecule has 4 heterocycles. The van der Waals surface area contributed by atoms with Crippen LogP contribution in [0, 0.1) is 6.92 Å². The van der Waals surface area contributed by atoms with E-state index in [4.69, 9.17) is 0 Å². The number of rotatable bonds is 5. The van der Waals surface area contributed by atoms with Gasteiger partial charge in [-0.15, -0.1) is 10.2 Å². The summed E-state index contributed by atoms with van der Waals surface area (Å²) in [7, 11) is 0. The van der Waals surface area contributed by atoms with Crippen molar-refractivity contribution in [1.29, 1.82) is 0 Å². The van der Waals surface area contributed by atoms with Crippen molar-refractivity contribution in [1.82, 2.24) is 29.1 Å². The van der Waals surface area contributed by atoms with E-state index in [1.54, 1.807) is 18.0 Å². The largest absolute Gasteiger partial charge is 0.307 e. The zero-order valence-corrected chi connectivity index (χ0v) is 16.6. The quantitative estimate of drug-likeness (QED) is 0.406. The summed E-state index contributed by atoms with van der Waals surface area (Å²) in [5.74, 6) is 1.49. The Bertz CT molecular complexity index is 1240. The second kappa shape index (κ2) is 7.52. The molecular weight excluding hydrogens is 380 g/mol. The molecule has 0 unspecified atom stereocenters. The summed E-state index contributed by atoms with van der Waals surface area (Å²) < 4.78 is 4.13. The lowest BCUT2D eigenvalue weighted by Crippen LogP contribution is -2.02. The zero-order chi connectivity index (χ0) is 19.6. The third-order valence-electron chi connectivity index (χ3n) is 4.67. The fourth-order valence-electron chi connectivity index (χ4n) is 3.27. The Morgan fingerprint density at radius 1 is 0.966 bits per heavy atom. The standard InChI is InChI=1S/C22H18N6S/c1-16-7-2-3-9-19(16)28-21(17-8-6-11-23-13-17)25-26-22(28)29-15-18-14-27-12-5-4-10-20(27)24-18/h2-14H,15H2,1H3. The maximum absolute atomic E-state index is 4.69. The number of hydrogen-bond donors (Lipinski definition) is 0. The Labute approximate surface area is 172 Å². The number of fused-ring (bicyclic) bond motifs is 1. The van der Waals surface area contributed by atoms with Crippen molar-refractivity contribution in [3.05, 3.63) is 90.6 Å². The molecule has 0 atom stereocenters. The monoisotopic (exact) mass is 398 g/mol. The van der Waals surface area contributed by atoms with Crippen LogP contribution < -0.4 is 0 Å². The van der Waals surface area contributed by atoms with Gasteiger partial charge < -0.3 is 4.40 Å². The normalized spacial score (nSPS) is 11.2. The smallest absolute Gasteiger partial charge is 0.196 e. The molecule has 0 radical (unpaired) electrons. The molecule has 0 aliphatic carbocycles. The molecule has 0 saturated carbocycles. The highest BCUT2D eigenvalue weighted by Crippen LogP contribution is 2.30. The molecule has 0 saturated heterocycles. The molecule has 142 valence electrons. The molecule has 7 heteroatoms. The molecule has 0 spiro atoms. The molecule has 0 fully saturated rings. The number of hydrogen-bond acceptors (Lipinski definition) is 5. The minimum atomic E-state index is 0.707. The number of benzene rings is 1. The maximum Gasteiger partial charge on any atom is 0.196 e. The predicted octanol–water partition coefficient (Wildman–Crippen LogP) is 4.58. The van der Waals surface area contributed by atoms with Crippen LogP contribution in [0.1, 0.15) is 11.3 Å². The van der Waals surface area contributed by atoms with Crippen molar-refractivity contribution in [2.75, 3.05) is 0 Å². The predicted molar refractivity (Wildman–Crippen MR) is 114 cm³/mol. The number of pyridine rings is 2. The second-order valence-electron chi connectivity index (χ2n) is 6.66. The third kappa shape index (κ3) is 3.40. The van der Waals surface area contributed by atoms with Crippen molar-refractivity contribution in [2.24, 2.45) is 0 Å². The number of aryl methyl sites for hydroxylation is 1. The van der Waals surface area contributed by atoms with Crippen molar-refractivity contribution in [2.45, 2.75) is 17.8 Å². The molecule has 29 heavy (non-hydrogen) atoms. The molecule has 0 bridgehead atoms. The Balaban J connectivity index is 1.54. The molecule has 1 aromatic carbocycles. The highest BCUT2D eigenvalue weighted by Gasteiger charge is 2.18. The first-order chi connectivity index (χ1) is 14.3. The number of aromatic nitrogens is 6. The Hall–Kier alpha value is -3.45. The highest BCUT2D eigenvalue weighted by atomic mass is 32.2. The van der Waals surface area contributed by atoms with Gasteiger partial charge in [-0.3, -0.25) is 9.55 Å². The Kier molecular flexibility index (Phi) is 4.57. The lowest BCUT2D eigenvalue weighted by Gasteiger charge is -2.12. The molecular formula is C22H18N6S. The van der Waals surface area contributed by atoms with Crippen LogP contribution in [0.3, 0.4) is 0 Å². The number of nitrogens with zero attached hydrogens (tertiary/aromatic N) is 6. The van der Waals surface area contributed by atoms with Gasteiger partial charge in [0.05, 0.1) is 11.4 Å². The van der Waals surface area contributed by atoms with E-state index in [2.05, 4.69) is 50.0 Å². The van der Waals surface area contributed by atoms with Gasteiger partial charge in [-0.25, -0.2) is 4.98 Å². The maximum atomic E-state index is 4.69. The van der Waals surface area contributed by atoms with Crippen molar-refractivity contribution in [3.8, 4) is 17.1 Å². The van der Waals surface area contributed by atoms with E-state index in [0.717, 1.165) is 39.1 Å². The van der Waals surface area contributed by atoms with E-state index in [9.17, 15) is 0 Å². The SMILES string of the molecule is Cc1ccccc1-n1c(SCc2cn3ccccc3n2)nnc1-c1cccnc1. The number of thioether (sulfide) groups is 1. The van der Waals surface area contributed by atoms with Gasteiger partial charge in [0.2, 0.25) is 0 Å². The zero-order valence-electron chi connectivity index (χ0n) is 15.8. The average Bonchev–Trinajstić information content (AvgIpc) is 3.37. The van der Waals surface area contributed by atoms with Crippen LogP contribution in [0.4, 0.5) is 0 Å². The van der Waals surface area contributed by atoms with Gasteiger partial charge >= 0.3 is 0 Å². The van der Waals surface area contributed by atoms with Crippen LogP contribution in [0.2, 0.25) is 0 Å². The van der Waals surface area contributed by atoms with E-state index in [1.807, 2.05) is 59.3 Å². The fourth-order valence-corrected chi connectivity index (χ4v) is 4.10.